The number of carboxylic acid groups (broad SMARTS) is 1. The first-order chi connectivity index (χ1) is 30.1. The van der Waals surface area contributed by atoms with Crippen LogP contribution in [0.15, 0.2) is 140 Å². The van der Waals surface area contributed by atoms with Crippen molar-refractivity contribution in [1.82, 2.24) is 9.13 Å². The van der Waals surface area contributed by atoms with Gasteiger partial charge in [-0.25, -0.2) is 9.59 Å². The van der Waals surface area contributed by atoms with Gasteiger partial charge in [0.2, 0.25) is 11.8 Å². The van der Waals surface area contributed by atoms with E-state index >= 15 is 0 Å². The van der Waals surface area contributed by atoms with Crippen molar-refractivity contribution in [3.05, 3.63) is 167 Å². The fourth-order valence-electron chi connectivity index (χ4n) is 8.63. The number of aromatic nitrogens is 2. The molecule has 1 aliphatic rings. The summed E-state index contributed by atoms with van der Waals surface area (Å²) in [4.78, 5) is 57.1. The molecule has 5 N–H and O–H groups in total. The summed E-state index contributed by atoms with van der Waals surface area (Å²) in [5, 5.41) is 11.1. The van der Waals surface area contributed by atoms with Gasteiger partial charge in [0.1, 0.15) is 5.75 Å². The number of nitrogens with two attached hydrogens (primary N) is 2. The minimum Gasteiger partial charge on any atom is -0.481 e. The van der Waals surface area contributed by atoms with E-state index in [-0.39, 0.29) is 5.91 Å². The highest BCUT2D eigenvalue weighted by molar-refractivity contribution is 6.19. The highest BCUT2D eigenvalue weighted by atomic mass is 17.2. The Labute approximate surface area is 356 Å². The predicted molar refractivity (Wildman–Crippen MR) is 237 cm³/mol. The van der Waals surface area contributed by atoms with Crippen LogP contribution >= 0.6 is 0 Å². The summed E-state index contributed by atoms with van der Waals surface area (Å²) in [5.41, 5.74) is 20.9. The van der Waals surface area contributed by atoms with Crippen molar-refractivity contribution in [3.8, 4) is 22.6 Å². The van der Waals surface area contributed by atoms with Crippen molar-refractivity contribution in [2.24, 2.45) is 11.5 Å². The van der Waals surface area contributed by atoms with Gasteiger partial charge in [0.15, 0.2) is 12.4 Å². The van der Waals surface area contributed by atoms with Crippen LogP contribution in [0.25, 0.3) is 43.8 Å². The Hall–Kier alpha value is -7.86. The molecule has 0 fully saturated rings. The summed E-state index contributed by atoms with van der Waals surface area (Å²) < 4.78 is 9.91. The van der Waals surface area contributed by atoms with Crippen LogP contribution in [0.5, 0.6) is 11.5 Å². The van der Waals surface area contributed by atoms with Gasteiger partial charge in [0.05, 0.1) is 27.9 Å². The van der Waals surface area contributed by atoms with Gasteiger partial charge < -0.3 is 30.4 Å². The van der Waals surface area contributed by atoms with E-state index in [1.165, 1.54) is 6.92 Å². The van der Waals surface area contributed by atoms with E-state index in [9.17, 15) is 19.2 Å². The molecule has 312 valence electrons. The highest BCUT2D eigenvalue weighted by Gasteiger charge is 2.32. The van der Waals surface area contributed by atoms with E-state index in [0.29, 0.717) is 47.3 Å². The maximum atomic E-state index is 12.3. The van der Waals surface area contributed by atoms with E-state index in [2.05, 4.69) is 45.5 Å². The summed E-state index contributed by atoms with van der Waals surface area (Å²) in [5.74, 6) is -2.09. The van der Waals surface area contributed by atoms with Crippen molar-refractivity contribution in [1.29, 1.82) is 0 Å². The molecular formula is C50H44N4O8. The molecule has 0 spiro atoms. The SMILES string of the molecule is CC(=O)OOc1cccc2c1c1c(C(N)=O)cccc1n2Cc1ccccc1-c1ccccc1.NC(=O)C1CCCc2c1c1c(OCC(=O)O)cccc1n2Cc1ccccc1. The van der Waals surface area contributed by atoms with E-state index < -0.39 is 30.4 Å². The maximum absolute atomic E-state index is 12.3. The number of ether oxygens (including phenoxy) is 1. The topological polar surface area (TPSA) is 178 Å². The van der Waals surface area contributed by atoms with Crippen molar-refractivity contribution < 1.29 is 38.8 Å². The number of primary amides is 2. The molecule has 0 radical (unpaired) electrons. The first kappa shape index (κ1) is 40.9. The Balaban J connectivity index is 0.000000174. The number of benzene rings is 6. The van der Waals surface area contributed by atoms with Gasteiger partial charge in [-0.15, -0.1) is 0 Å². The number of hydrogen-bond donors (Lipinski definition) is 3. The average molecular weight is 829 g/mol. The number of carboxylic acids is 1. The molecule has 9 rings (SSSR count). The second-order valence-corrected chi connectivity index (χ2v) is 15.1. The van der Waals surface area contributed by atoms with Crippen LogP contribution in [0.3, 0.4) is 0 Å². The van der Waals surface area contributed by atoms with Crippen LogP contribution in [-0.4, -0.2) is 44.6 Å². The van der Waals surface area contributed by atoms with Crippen LogP contribution in [0.1, 0.15) is 58.4 Å². The fraction of sp³-hybridized carbons (Fsp3) is 0.160. The smallest absolute Gasteiger partial charge is 0.352 e. The first-order valence-electron chi connectivity index (χ1n) is 20.2. The minimum atomic E-state index is -1.04. The van der Waals surface area contributed by atoms with E-state index in [1.807, 2.05) is 84.9 Å². The van der Waals surface area contributed by atoms with Gasteiger partial charge in [0.25, 0.3) is 0 Å². The number of amides is 2. The standard InChI is InChI=1S/C28H22N2O4.C22H22N2O4/c1-18(31)33-34-25-16-8-15-24-27(25)26-22(28(29)32)13-7-14-23(26)30(24)17-20-11-5-6-12-21(20)19-9-3-2-4-10-19;23-22(27)15-8-4-9-16-20(15)21-17(10-5-11-18(21)28-13-19(25)26)24(16)12-14-6-2-1-3-7-14/h2-16H,17H2,1H3,(H2,29,32);1-3,5-7,10-11,15H,4,8-9,12-13H2,(H2,23,27)(H,25,26). The summed E-state index contributed by atoms with van der Waals surface area (Å²) >= 11 is 0. The Morgan fingerprint density at radius 2 is 1.31 bits per heavy atom. The van der Waals surface area contributed by atoms with Gasteiger partial charge in [-0.2, -0.15) is 0 Å². The summed E-state index contributed by atoms with van der Waals surface area (Å²) in [7, 11) is 0. The molecule has 2 heterocycles. The van der Waals surface area contributed by atoms with E-state index in [1.54, 1.807) is 18.2 Å². The van der Waals surface area contributed by atoms with Crippen LogP contribution < -0.4 is 21.1 Å². The van der Waals surface area contributed by atoms with Crippen molar-refractivity contribution >= 4 is 56.5 Å². The lowest BCUT2D eigenvalue weighted by Crippen LogP contribution is -2.25. The molecule has 2 amide bonds. The molecule has 8 aromatic rings. The average Bonchev–Trinajstić information content (AvgIpc) is 3.78. The van der Waals surface area contributed by atoms with E-state index in [0.717, 1.165) is 68.3 Å². The third kappa shape index (κ3) is 8.18. The third-order valence-corrected chi connectivity index (χ3v) is 11.2. The molecule has 0 bridgehead atoms. The van der Waals surface area contributed by atoms with Crippen molar-refractivity contribution in [3.63, 3.8) is 0 Å². The number of aliphatic carboxylic acids is 1. The summed E-state index contributed by atoms with van der Waals surface area (Å²) in [6.07, 6.45) is 2.43. The predicted octanol–water partition coefficient (Wildman–Crippen LogP) is 8.52. The second kappa shape index (κ2) is 17.8. The second-order valence-electron chi connectivity index (χ2n) is 15.1. The number of rotatable bonds is 12. The van der Waals surface area contributed by atoms with Crippen LogP contribution in [0.4, 0.5) is 0 Å². The molecule has 2 aromatic heterocycles. The summed E-state index contributed by atoms with van der Waals surface area (Å²) in [6.45, 7) is 2.04. The number of hydrogen-bond acceptors (Lipinski definition) is 7. The quantitative estimate of drug-likeness (QED) is 0.0810. The zero-order chi connectivity index (χ0) is 43.3. The number of carbonyl (C=O) groups is 4. The van der Waals surface area contributed by atoms with Crippen LogP contribution in [0.2, 0.25) is 0 Å². The lowest BCUT2D eigenvalue weighted by atomic mass is 9.84. The van der Waals surface area contributed by atoms with Crippen molar-refractivity contribution in [2.45, 2.75) is 45.2 Å². The summed E-state index contributed by atoms with van der Waals surface area (Å²) in [6, 6.07) is 45.1. The highest BCUT2D eigenvalue weighted by Crippen LogP contribution is 2.44. The largest absolute Gasteiger partial charge is 0.481 e. The molecule has 62 heavy (non-hydrogen) atoms. The Morgan fingerprint density at radius 3 is 1.98 bits per heavy atom. The minimum absolute atomic E-state index is 0.335. The Bertz CT molecular complexity index is 2970. The Kier molecular flexibility index (Phi) is 11.7. The van der Waals surface area contributed by atoms with Gasteiger partial charge in [-0.3, -0.25) is 19.4 Å². The van der Waals surface area contributed by atoms with Gasteiger partial charge in [-0.05, 0) is 83.5 Å². The van der Waals surface area contributed by atoms with Crippen LogP contribution in [0, 0.1) is 0 Å². The number of fused-ring (bicyclic) bond motifs is 6. The number of nitrogens with zero attached hydrogens (tertiary/aromatic N) is 2. The first-order valence-corrected chi connectivity index (χ1v) is 20.2. The lowest BCUT2D eigenvalue weighted by molar-refractivity contribution is -0.210. The monoisotopic (exact) mass is 828 g/mol. The zero-order valence-corrected chi connectivity index (χ0v) is 34.0. The molecule has 12 heteroatoms. The van der Waals surface area contributed by atoms with E-state index in [4.69, 9.17) is 31.1 Å². The molecule has 0 saturated carbocycles. The molecule has 12 nitrogen and oxygen atoms in total. The van der Waals surface area contributed by atoms with Gasteiger partial charge in [-0.1, -0.05) is 103 Å². The molecular weight excluding hydrogens is 785 g/mol. The Morgan fingerprint density at radius 1 is 0.677 bits per heavy atom. The zero-order valence-electron chi connectivity index (χ0n) is 34.0. The van der Waals surface area contributed by atoms with Gasteiger partial charge in [0, 0.05) is 42.0 Å². The molecule has 0 saturated heterocycles. The number of carbonyl (C=O) groups excluding carboxylic acids is 3. The lowest BCUT2D eigenvalue weighted by Gasteiger charge is -2.22. The van der Waals surface area contributed by atoms with Gasteiger partial charge >= 0.3 is 11.9 Å². The third-order valence-electron chi connectivity index (χ3n) is 11.2. The molecule has 1 atom stereocenters. The fourth-order valence-corrected chi connectivity index (χ4v) is 8.63. The molecule has 1 aliphatic carbocycles. The normalized spacial score (nSPS) is 13.2. The molecule has 0 aliphatic heterocycles. The maximum Gasteiger partial charge on any atom is 0.352 e. The molecule has 1 unspecified atom stereocenters. The molecule has 6 aromatic carbocycles. The van der Waals surface area contributed by atoms with Crippen molar-refractivity contribution in [2.75, 3.05) is 6.61 Å². The van der Waals surface area contributed by atoms with Crippen LogP contribution in [-0.2, 0) is 38.8 Å².